The van der Waals surface area contributed by atoms with E-state index in [1.165, 1.54) is 0 Å². The zero-order valence-corrected chi connectivity index (χ0v) is 14.5. The minimum Gasteiger partial charge on any atom is -0.493 e. The molecule has 0 aliphatic carbocycles. The van der Waals surface area contributed by atoms with E-state index in [-0.39, 0.29) is 5.91 Å². The second kappa shape index (κ2) is 7.79. The Morgan fingerprint density at radius 2 is 2.08 bits per heavy atom. The standard InChI is InChI=1S/C19H22N4O2/c1-14-6-7-15(2)16(13-14)25-12-9-19(24)20-10-8-18-22-21-17-5-3-4-11-23(17)18/h3-7,11,13H,8-10,12H2,1-2H3,(H,20,24). The van der Waals surface area contributed by atoms with Crippen molar-refractivity contribution in [2.24, 2.45) is 0 Å². The SMILES string of the molecule is Cc1ccc(C)c(OCCC(=O)NCCc2nnc3ccccn23)c1. The summed E-state index contributed by atoms with van der Waals surface area (Å²) in [5.41, 5.74) is 3.03. The molecular weight excluding hydrogens is 316 g/mol. The van der Waals surface area contributed by atoms with Gasteiger partial charge in [-0.15, -0.1) is 10.2 Å². The number of carbonyl (C=O) groups is 1. The number of nitrogens with one attached hydrogen (secondary N) is 1. The summed E-state index contributed by atoms with van der Waals surface area (Å²) >= 11 is 0. The summed E-state index contributed by atoms with van der Waals surface area (Å²) in [6, 6.07) is 11.8. The van der Waals surface area contributed by atoms with Gasteiger partial charge < -0.3 is 10.1 Å². The van der Waals surface area contributed by atoms with Crippen molar-refractivity contribution in [1.82, 2.24) is 19.9 Å². The lowest BCUT2D eigenvalue weighted by Gasteiger charge is -2.10. The van der Waals surface area contributed by atoms with E-state index in [1.807, 2.05) is 60.8 Å². The van der Waals surface area contributed by atoms with Crippen LogP contribution in [0.2, 0.25) is 0 Å². The Morgan fingerprint density at radius 3 is 2.96 bits per heavy atom. The van der Waals surface area contributed by atoms with Crippen LogP contribution in [0.15, 0.2) is 42.6 Å². The molecule has 0 unspecified atom stereocenters. The minimum absolute atomic E-state index is 0.0286. The van der Waals surface area contributed by atoms with Gasteiger partial charge in [0.15, 0.2) is 5.65 Å². The molecule has 130 valence electrons. The van der Waals surface area contributed by atoms with Gasteiger partial charge in [0.2, 0.25) is 5.91 Å². The molecule has 3 rings (SSSR count). The lowest BCUT2D eigenvalue weighted by atomic mass is 10.1. The summed E-state index contributed by atoms with van der Waals surface area (Å²) in [6.45, 7) is 4.91. The highest BCUT2D eigenvalue weighted by atomic mass is 16.5. The molecule has 0 saturated heterocycles. The number of hydrogen-bond acceptors (Lipinski definition) is 4. The van der Waals surface area contributed by atoms with E-state index >= 15 is 0 Å². The predicted octanol–water partition coefficient (Wildman–Crippen LogP) is 2.47. The molecule has 0 aliphatic rings. The topological polar surface area (TPSA) is 68.5 Å². The maximum absolute atomic E-state index is 11.9. The molecule has 0 atom stereocenters. The summed E-state index contributed by atoms with van der Waals surface area (Å²) in [5.74, 6) is 1.64. The van der Waals surface area contributed by atoms with Gasteiger partial charge in [0.05, 0.1) is 13.0 Å². The highest BCUT2D eigenvalue weighted by molar-refractivity contribution is 5.75. The average molecular weight is 338 g/mol. The van der Waals surface area contributed by atoms with Gasteiger partial charge >= 0.3 is 0 Å². The second-order valence-corrected chi connectivity index (χ2v) is 6.01. The zero-order valence-electron chi connectivity index (χ0n) is 14.5. The Balaban J connectivity index is 1.42. The number of hydrogen-bond donors (Lipinski definition) is 1. The van der Waals surface area contributed by atoms with E-state index in [2.05, 4.69) is 15.5 Å². The number of aromatic nitrogens is 3. The van der Waals surface area contributed by atoms with Crippen LogP contribution in [0.4, 0.5) is 0 Å². The molecule has 1 amide bonds. The normalized spacial score (nSPS) is 10.8. The fraction of sp³-hybridized carbons (Fsp3) is 0.316. The van der Waals surface area contributed by atoms with E-state index in [4.69, 9.17) is 4.74 Å². The molecule has 0 bridgehead atoms. The number of amides is 1. The molecule has 1 N–H and O–H groups in total. The van der Waals surface area contributed by atoms with Gasteiger partial charge in [-0.1, -0.05) is 18.2 Å². The maximum atomic E-state index is 11.9. The first-order chi connectivity index (χ1) is 12.1. The van der Waals surface area contributed by atoms with Crippen LogP contribution in [0, 0.1) is 13.8 Å². The second-order valence-electron chi connectivity index (χ2n) is 6.01. The fourth-order valence-electron chi connectivity index (χ4n) is 2.58. The van der Waals surface area contributed by atoms with Crippen molar-refractivity contribution >= 4 is 11.6 Å². The molecule has 6 heteroatoms. The van der Waals surface area contributed by atoms with Crippen molar-refractivity contribution < 1.29 is 9.53 Å². The number of ether oxygens (including phenoxy) is 1. The summed E-state index contributed by atoms with van der Waals surface area (Å²) in [4.78, 5) is 11.9. The Bertz CT molecular complexity index is 873. The monoisotopic (exact) mass is 338 g/mol. The third-order valence-electron chi connectivity index (χ3n) is 3.99. The molecule has 0 spiro atoms. The molecular formula is C19H22N4O2. The fourth-order valence-corrected chi connectivity index (χ4v) is 2.58. The lowest BCUT2D eigenvalue weighted by Crippen LogP contribution is -2.27. The number of pyridine rings is 1. The van der Waals surface area contributed by atoms with Crippen molar-refractivity contribution in [3.8, 4) is 5.75 Å². The molecule has 25 heavy (non-hydrogen) atoms. The van der Waals surface area contributed by atoms with Gasteiger partial charge in [0.1, 0.15) is 11.6 Å². The third-order valence-corrected chi connectivity index (χ3v) is 3.99. The summed E-state index contributed by atoms with van der Waals surface area (Å²) in [7, 11) is 0. The lowest BCUT2D eigenvalue weighted by molar-refractivity contribution is -0.121. The Morgan fingerprint density at radius 1 is 1.20 bits per heavy atom. The van der Waals surface area contributed by atoms with Crippen molar-refractivity contribution in [2.45, 2.75) is 26.7 Å². The van der Waals surface area contributed by atoms with Crippen LogP contribution in [0.3, 0.4) is 0 Å². The molecule has 6 nitrogen and oxygen atoms in total. The van der Waals surface area contributed by atoms with Crippen LogP contribution in [0.1, 0.15) is 23.4 Å². The number of nitrogens with zero attached hydrogens (tertiary/aromatic N) is 3. The first kappa shape index (κ1) is 17.0. The van der Waals surface area contributed by atoms with E-state index in [0.717, 1.165) is 28.3 Å². The van der Waals surface area contributed by atoms with Crippen LogP contribution < -0.4 is 10.1 Å². The van der Waals surface area contributed by atoms with Crippen molar-refractivity contribution in [3.05, 3.63) is 59.5 Å². The number of benzene rings is 1. The highest BCUT2D eigenvalue weighted by Crippen LogP contribution is 2.19. The van der Waals surface area contributed by atoms with E-state index in [0.29, 0.717) is 26.0 Å². The van der Waals surface area contributed by atoms with E-state index in [9.17, 15) is 4.79 Å². The third kappa shape index (κ3) is 4.35. The van der Waals surface area contributed by atoms with Crippen LogP contribution >= 0.6 is 0 Å². The van der Waals surface area contributed by atoms with Gasteiger partial charge in [0, 0.05) is 19.2 Å². The molecule has 0 saturated carbocycles. The Kier molecular flexibility index (Phi) is 5.28. The van der Waals surface area contributed by atoms with Gasteiger partial charge in [-0.2, -0.15) is 0 Å². The quantitative estimate of drug-likeness (QED) is 0.718. The molecule has 2 heterocycles. The highest BCUT2D eigenvalue weighted by Gasteiger charge is 2.07. The van der Waals surface area contributed by atoms with E-state index in [1.54, 1.807) is 0 Å². The largest absolute Gasteiger partial charge is 0.493 e. The number of rotatable bonds is 7. The number of carbonyl (C=O) groups excluding carboxylic acids is 1. The zero-order chi connectivity index (χ0) is 17.6. The Hall–Kier alpha value is -2.89. The smallest absolute Gasteiger partial charge is 0.223 e. The van der Waals surface area contributed by atoms with Gasteiger partial charge in [0.25, 0.3) is 0 Å². The summed E-state index contributed by atoms with van der Waals surface area (Å²) in [6.07, 6.45) is 2.88. The van der Waals surface area contributed by atoms with Crippen LogP contribution in [-0.2, 0) is 11.2 Å². The maximum Gasteiger partial charge on any atom is 0.223 e. The van der Waals surface area contributed by atoms with Crippen LogP contribution in [0.25, 0.3) is 5.65 Å². The molecule has 0 aliphatic heterocycles. The van der Waals surface area contributed by atoms with Crippen molar-refractivity contribution in [1.29, 1.82) is 0 Å². The molecule has 2 aromatic heterocycles. The summed E-state index contributed by atoms with van der Waals surface area (Å²) in [5, 5.41) is 11.1. The van der Waals surface area contributed by atoms with Crippen LogP contribution in [0.5, 0.6) is 5.75 Å². The van der Waals surface area contributed by atoms with Crippen molar-refractivity contribution in [2.75, 3.05) is 13.2 Å². The molecule has 3 aromatic rings. The first-order valence-electron chi connectivity index (χ1n) is 8.39. The van der Waals surface area contributed by atoms with Gasteiger partial charge in [-0.25, -0.2) is 0 Å². The summed E-state index contributed by atoms with van der Waals surface area (Å²) < 4.78 is 7.64. The Labute approximate surface area is 146 Å². The molecule has 0 fully saturated rings. The van der Waals surface area contributed by atoms with Gasteiger partial charge in [-0.05, 0) is 43.2 Å². The minimum atomic E-state index is -0.0286. The first-order valence-corrected chi connectivity index (χ1v) is 8.39. The van der Waals surface area contributed by atoms with Crippen molar-refractivity contribution in [3.63, 3.8) is 0 Å². The van der Waals surface area contributed by atoms with E-state index < -0.39 is 0 Å². The average Bonchev–Trinajstić information content (AvgIpc) is 3.01. The molecule has 1 aromatic carbocycles. The molecule has 0 radical (unpaired) electrons. The number of fused-ring (bicyclic) bond motifs is 1. The van der Waals surface area contributed by atoms with Crippen LogP contribution in [-0.4, -0.2) is 33.7 Å². The number of aryl methyl sites for hydroxylation is 2. The predicted molar refractivity (Wildman–Crippen MR) is 95.7 cm³/mol. The van der Waals surface area contributed by atoms with Gasteiger partial charge in [-0.3, -0.25) is 9.20 Å².